The molecule has 0 spiro atoms. The molecule has 0 heterocycles. The van der Waals surface area contributed by atoms with Crippen LogP contribution in [0.1, 0.15) is 45.4 Å². The number of hydrogen-bond acceptors (Lipinski definition) is 3. The average Bonchev–Trinajstić information content (AvgIpc) is 2.52. The van der Waals surface area contributed by atoms with Gasteiger partial charge in [-0.05, 0) is 75.3 Å². The van der Waals surface area contributed by atoms with Crippen LogP contribution in [0.25, 0.3) is 0 Å². The molecule has 0 unspecified atom stereocenters. The lowest BCUT2D eigenvalue weighted by atomic mass is 9.48. The van der Waals surface area contributed by atoms with E-state index < -0.39 is 10.0 Å². The molecule has 0 atom stereocenters. The first-order valence-electron chi connectivity index (χ1n) is 8.58. The molecule has 5 rings (SSSR count). The summed E-state index contributed by atoms with van der Waals surface area (Å²) < 4.78 is 24.7. The maximum Gasteiger partial charge on any atom is 0.276 e. The second-order valence-corrected chi connectivity index (χ2v) is 9.46. The van der Waals surface area contributed by atoms with Gasteiger partial charge < -0.3 is 0 Å². The van der Waals surface area contributed by atoms with Crippen LogP contribution < -0.4 is 4.83 Å². The third-order valence-electron chi connectivity index (χ3n) is 6.19. The first kappa shape index (κ1) is 15.2. The zero-order valence-corrected chi connectivity index (χ0v) is 14.3. The van der Waals surface area contributed by atoms with Crippen molar-refractivity contribution < 1.29 is 8.42 Å². The molecule has 4 fully saturated rings. The lowest BCUT2D eigenvalue weighted by Crippen LogP contribution is -2.49. The van der Waals surface area contributed by atoms with Gasteiger partial charge in [0, 0.05) is 11.1 Å². The van der Waals surface area contributed by atoms with E-state index in [9.17, 15) is 8.42 Å². The highest BCUT2D eigenvalue weighted by molar-refractivity contribution is 7.89. The molecule has 0 aliphatic heterocycles. The Bertz CT molecular complexity index is 689. The number of hydrazone groups is 1. The van der Waals surface area contributed by atoms with Crippen molar-refractivity contribution in [2.75, 3.05) is 0 Å². The molecule has 0 radical (unpaired) electrons. The Morgan fingerprint density at radius 3 is 2.09 bits per heavy atom. The summed E-state index contributed by atoms with van der Waals surface area (Å²) in [7, 11) is -3.56. The molecular formula is C18H24N2O2S. The number of rotatable bonds is 4. The minimum Gasteiger partial charge on any atom is -0.200 e. The predicted octanol–water partition coefficient (Wildman–Crippen LogP) is 3.56. The highest BCUT2D eigenvalue weighted by Crippen LogP contribution is 2.60. The van der Waals surface area contributed by atoms with Crippen LogP contribution in [0.15, 0.2) is 40.3 Å². The SMILES string of the molecule is C/C(=N/NS(=O)(=O)c1ccccc1)C12CC3CC(CC(C3)C1)C2. The normalized spacial score (nSPS) is 36.2. The highest BCUT2D eigenvalue weighted by Gasteiger charge is 2.52. The largest absolute Gasteiger partial charge is 0.276 e. The predicted molar refractivity (Wildman–Crippen MR) is 90.5 cm³/mol. The van der Waals surface area contributed by atoms with Gasteiger partial charge in [0.2, 0.25) is 0 Å². The van der Waals surface area contributed by atoms with E-state index in [4.69, 9.17) is 0 Å². The molecule has 1 aromatic carbocycles. The van der Waals surface area contributed by atoms with Crippen LogP contribution in [0.2, 0.25) is 0 Å². The summed E-state index contributed by atoms with van der Waals surface area (Å²) in [6.45, 7) is 2.01. The van der Waals surface area contributed by atoms with Crippen molar-refractivity contribution in [2.24, 2.45) is 28.3 Å². The lowest BCUT2D eigenvalue weighted by molar-refractivity contribution is -0.0127. The number of nitrogens with one attached hydrogen (secondary N) is 1. The van der Waals surface area contributed by atoms with Gasteiger partial charge in [-0.2, -0.15) is 13.5 Å². The van der Waals surface area contributed by atoms with Crippen LogP contribution in [-0.4, -0.2) is 14.1 Å². The fourth-order valence-electron chi connectivity index (χ4n) is 5.45. The first-order valence-corrected chi connectivity index (χ1v) is 10.1. The van der Waals surface area contributed by atoms with Gasteiger partial charge in [0.05, 0.1) is 4.90 Å². The van der Waals surface area contributed by atoms with Gasteiger partial charge >= 0.3 is 0 Å². The quantitative estimate of drug-likeness (QED) is 0.677. The fraction of sp³-hybridized carbons (Fsp3) is 0.611. The number of hydrogen-bond donors (Lipinski definition) is 1. The summed E-state index contributed by atoms with van der Waals surface area (Å²) in [5, 5.41) is 4.34. The second-order valence-electron chi connectivity index (χ2n) is 7.80. The average molecular weight is 332 g/mol. The summed E-state index contributed by atoms with van der Waals surface area (Å²) >= 11 is 0. The van der Waals surface area contributed by atoms with Crippen molar-refractivity contribution in [2.45, 2.75) is 50.3 Å². The van der Waals surface area contributed by atoms with Crippen molar-refractivity contribution in [3.8, 4) is 0 Å². The van der Waals surface area contributed by atoms with Crippen LogP contribution in [0.4, 0.5) is 0 Å². The highest BCUT2D eigenvalue weighted by atomic mass is 32.2. The van der Waals surface area contributed by atoms with E-state index in [1.807, 2.05) is 13.0 Å². The summed E-state index contributed by atoms with van der Waals surface area (Å²) in [6.07, 6.45) is 7.72. The minimum absolute atomic E-state index is 0.147. The summed E-state index contributed by atoms with van der Waals surface area (Å²) in [4.78, 5) is 2.73. The Balaban J connectivity index is 1.55. The molecule has 4 nitrogen and oxygen atoms in total. The molecule has 23 heavy (non-hydrogen) atoms. The number of benzene rings is 1. The first-order chi connectivity index (χ1) is 11.0. The Morgan fingerprint density at radius 2 is 1.57 bits per heavy atom. The van der Waals surface area contributed by atoms with E-state index in [0.29, 0.717) is 0 Å². The minimum atomic E-state index is -3.56. The molecule has 4 aliphatic rings. The maximum absolute atomic E-state index is 12.3. The smallest absolute Gasteiger partial charge is 0.200 e. The maximum atomic E-state index is 12.3. The molecule has 0 saturated heterocycles. The van der Waals surface area contributed by atoms with Crippen LogP contribution in [0.5, 0.6) is 0 Å². The summed E-state index contributed by atoms with van der Waals surface area (Å²) in [5.41, 5.74) is 1.13. The van der Waals surface area contributed by atoms with Crippen molar-refractivity contribution in [1.29, 1.82) is 0 Å². The zero-order valence-electron chi connectivity index (χ0n) is 13.5. The number of nitrogens with zero attached hydrogens (tertiary/aromatic N) is 1. The third-order valence-corrected chi connectivity index (χ3v) is 7.42. The van der Waals surface area contributed by atoms with Crippen molar-refractivity contribution in [1.82, 2.24) is 4.83 Å². The monoisotopic (exact) mass is 332 g/mol. The van der Waals surface area contributed by atoms with Gasteiger partial charge in [0.15, 0.2) is 0 Å². The Morgan fingerprint density at radius 1 is 1.04 bits per heavy atom. The van der Waals surface area contributed by atoms with Crippen molar-refractivity contribution in [3.63, 3.8) is 0 Å². The Hall–Kier alpha value is -1.36. The van der Waals surface area contributed by atoms with Crippen molar-refractivity contribution in [3.05, 3.63) is 30.3 Å². The molecule has 1 aromatic rings. The van der Waals surface area contributed by atoms with E-state index in [-0.39, 0.29) is 10.3 Å². The molecular weight excluding hydrogens is 308 g/mol. The Kier molecular flexibility index (Phi) is 3.52. The zero-order chi connectivity index (χ0) is 16.1. The van der Waals surface area contributed by atoms with Crippen LogP contribution in [0, 0.1) is 23.2 Å². The van der Waals surface area contributed by atoms with E-state index in [2.05, 4.69) is 9.93 Å². The van der Waals surface area contributed by atoms with Gasteiger partial charge in [-0.1, -0.05) is 18.2 Å². The molecule has 0 aromatic heterocycles. The molecule has 0 amide bonds. The second kappa shape index (κ2) is 5.33. The van der Waals surface area contributed by atoms with E-state index >= 15 is 0 Å². The van der Waals surface area contributed by atoms with Gasteiger partial charge in [0.1, 0.15) is 0 Å². The third kappa shape index (κ3) is 2.69. The van der Waals surface area contributed by atoms with E-state index in [0.717, 1.165) is 23.5 Å². The van der Waals surface area contributed by atoms with Crippen molar-refractivity contribution >= 4 is 15.7 Å². The standard InChI is InChI=1S/C18H24N2O2S/c1-13(19-20-23(21,22)17-5-3-2-4-6-17)18-10-14-7-15(11-18)9-16(8-14)12-18/h2-6,14-16,20H,7-12H2,1H3/b19-13-. The van der Waals surface area contributed by atoms with Crippen LogP contribution >= 0.6 is 0 Å². The fourth-order valence-corrected chi connectivity index (χ4v) is 6.33. The molecule has 124 valence electrons. The van der Waals surface area contributed by atoms with Crippen LogP contribution in [-0.2, 0) is 10.0 Å². The lowest BCUT2D eigenvalue weighted by Gasteiger charge is -2.56. The van der Waals surface area contributed by atoms with Gasteiger partial charge in [-0.3, -0.25) is 0 Å². The molecule has 5 heteroatoms. The molecule has 4 aliphatic carbocycles. The van der Waals surface area contributed by atoms with E-state index in [1.165, 1.54) is 38.5 Å². The molecule has 4 bridgehead atoms. The van der Waals surface area contributed by atoms with E-state index in [1.54, 1.807) is 24.3 Å². The van der Waals surface area contributed by atoms with Crippen LogP contribution in [0.3, 0.4) is 0 Å². The topological polar surface area (TPSA) is 58.5 Å². The summed E-state index contributed by atoms with van der Waals surface area (Å²) in [6, 6.07) is 8.45. The number of sulfonamides is 1. The van der Waals surface area contributed by atoms with Gasteiger partial charge in [0.25, 0.3) is 10.0 Å². The van der Waals surface area contributed by atoms with Gasteiger partial charge in [-0.25, -0.2) is 4.83 Å². The van der Waals surface area contributed by atoms with Gasteiger partial charge in [-0.15, -0.1) is 0 Å². The molecule has 4 saturated carbocycles. The summed E-state index contributed by atoms with van der Waals surface area (Å²) in [5.74, 6) is 2.49. The Labute approximate surface area is 138 Å². The molecule has 1 N–H and O–H groups in total.